The number of aryl methyl sites for hydroxylation is 1. The predicted octanol–water partition coefficient (Wildman–Crippen LogP) is 3.08. The zero-order chi connectivity index (χ0) is 15.9. The van der Waals surface area contributed by atoms with Crippen LogP contribution in [0.3, 0.4) is 0 Å². The molecule has 0 saturated carbocycles. The van der Waals surface area contributed by atoms with E-state index in [9.17, 15) is 4.79 Å². The molecule has 2 aromatic rings. The molecule has 3 rings (SSSR count). The van der Waals surface area contributed by atoms with Crippen LogP contribution in [-0.2, 0) is 11.2 Å². The number of carbonyl (C=O) groups is 1. The molecule has 1 saturated heterocycles. The Balaban J connectivity index is 1.42. The average Bonchev–Trinajstić information content (AvgIpc) is 2.62. The minimum atomic E-state index is 0.178. The molecule has 0 unspecified atom stereocenters. The van der Waals surface area contributed by atoms with Crippen molar-refractivity contribution >= 4 is 5.91 Å². The summed E-state index contributed by atoms with van der Waals surface area (Å²) in [5, 5.41) is 0. The predicted molar refractivity (Wildman–Crippen MR) is 89.2 cm³/mol. The van der Waals surface area contributed by atoms with Crippen molar-refractivity contribution in [2.45, 2.75) is 31.8 Å². The quantitative estimate of drug-likeness (QED) is 0.852. The molecule has 1 aliphatic rings. The number of likely N-dealkylation sites (tertiary alicyclic amines) is 1. The van der Waals surface area contributed by atoms with Gasteiger partial charge in [0.25, 0.3) is 0 Å². The molecule has 2 heterocycles. The van der Waals surface area contributed by atoms with Crippen molar-refractivity contribution in [1.82, 2.24) is 9.88 Å². The minimum Gasteiger partial charge on any atom is -0.489 e. The normalized spacial score (nSPS) is 15.4. The fourth-order valence-electron chi connectivity index (χ4n) is 2.89. The molecule has 1 aromatic heterocycles. The first-order valence-electron chi connectivity index (χ1n) is 8.19. The van der Waals surface area contributed by atoms with Gasteiger partial charge in [0.15, 0.2) is 0 Å². The van der Waals surface area contributed by atoms with E-state index >= 15 is 0 Å². The molecule has 0 radical (unpaired) electrons. The molecule has 4 heteroatoms. The Kier molecular flexibility index (Phi) is 5.25. The number of rotatable bonds is 5. The van der Waals surface area contributed by atoms with Crippen LogP contribution in [0.1, 0.15) is 24.8 Å². The fraction of sp³-hybridized carbons (Fsp3) is 0.368. The third-order valence-corrected chi connectivity index (χ3v) is 4.20. The molecule has 1 aliphatic heterocycles. The van der Waals surface area contributed by atoms with Gasteiger partial charge in [0, 0.05) is 38.5 Å². The Morgan fingerprint density at radius 2 is 1.91 bits per heavy atom. The highest BCUT2D eigenvalue weighted by atomic mass is 16.5. The molecule has 0 N–H and O–H groups in total. The highest BCUT2D eigenvalue weighted by Gasteiger charge is 2.23. The Bertz CT molecular complexity index is 608. The molecule has 1 aromatic carbocycles. The van der Waals surface area contributed by atoms with E-state index in [1.165, 1.54) is 5.56 Å². The van der Waals surface area contributed by atoms with E-state index < -0.39 is 0 Å². The first kappa shape index (κ1) is 15.5. The summed E-state index contributed by atoms with van der Waals surface area (Å²) in [6, 6.07) is 14.0. The van der Waals surface area contributed by atoms with Gasteiger partial charge in [0.2, 0.25) is 5.91 Å². The van der Waals surface area contributed by atoms with Crippen molar-refractivity contribution < 1.29 is 9.53 Å². The molecule has 23 heavy (non-hydrogen) atoms. The molecule has 1 fully saturated rings. The van der Waals surface area contributed by atoms with Gasteiger partial charge in [-0.05, 0) is 24.1 Å². The number of ether oxygens (including phenoxy) is 1. The maximum absolute atomic E-state index is 12.3. The van der Waals surface area contributed by atoms with Crippen LogP contribution in [-0.4, -0.2) is 35.0 Å². The van der Waals surface area contributed by atoms with Crippen LogP contribution in [0, 0.1) is 0 Å². The fourth-order valence-corrected chi connectivity index (χ4v) is 2.89. The lowest BCUT2D eigenvalue weighted by molar-refractivity contribution is -0.132. The average molecular weight is 310 g/mol. The number of carbonyl (C=O) groups excluding carboxylic acids is 1. The van der Waals surface area contributed by atoms with Gasteiger partial charge in [-0.25, -0.2) is 0 Å². The van der Waals surface area contributed by atoms with Gasteiger partial charge in [-0.2, -0.15) is 0 Å². The Morgan fingerprint density at radius 3 is 2.61 bits per heavy atom. The SMILES string of the molecule is O=C(CCc1ccccc1)N1CCC(Oc2cccnc2)CC1. The first-order valence-corrected chi connectivity index (χ1v) is 8.19. The number of nitrogens with zero attached hydrogens (tertiary/aromatic N) is 2. The van der Waals surface area contributed by atoms with Gasteiger partial charge in [-0.15, -0.1) is 0 Å². The van der Waals surface area contributed by atoms with E-state index in [0.29, 0.717) is 6.42 Å². The number of amides is 1. The van der Waals surface area contributed by atoms with Crippen LogP contribution >= 0.6 is 0 Å². The van der Waals surface area contributed by atoms with E-state index in [2.05, 4.69) is 17.1 Å². The monoisotopic (exact) mass is 310 g/mol. The van der Waals surface area contributed by atoms with Crippen LogP contribution in [0.4, 0.5) is 0 Å². The van der Waals surface area contributed by atoms with Crippen LogP contribution in [0.25, 0.3) is 0 Å². The maximum Gasteiger partial charge on any atom is 0.222 e. The summed E-state index contributed by atoms with van der Waals surface area (Å²) in [7, 11) is 0. The van der Waals surface area contributed by atoms with E-state index in [4.69, 9.17) is 4.74 Å². The molecule has 0 bridgehead atoms. The van der Waals surface area contributed by atoms with Gasteiger partial charge < -0.3 is 9.64 Å². The van der Waals surface area contributed by atoms with Crippen molar-refractivity contribution in [3.8, 4) is 5.75 Å². The largest absolute Gasteiger partial charge is 0.489 e. The summed E-state index contributed by atoms with van der Waals surface area (Å²) in [6.45, 7) is 1.55. The summed E-state index contributed by atoms with van der Waals surface area (Å²) in [5.74, 6) is 1.05. The van der Waals surface area contributed by atoms with E-state index in [1.807, 2.05) is 35.2 Å². The van der Waals surface area contributed by atoms with Crippen LogP contribution in [0.2, 0.25) is 0 Å². The number of hydrogen-bond acceptors (Lipinski definition) is 3. The lowest BCUT2D eigenvalue weighted by Gasteiger charge is -2.32. The van der Waals surface area contributed by atoms with E-state index in [1.54, 1.807) is 12.4 Å². The second-order valence-corrected chi connectivity index (χ2v) is 5.87. The third kappa shape index (κ3) is 4.55. The number of pyridine rings is 1. The van der Waals surface area contributed by atoms with Gasteiger partial charge in [0.1, 0.15) is 11.9 Å². The van der Waals surface area contributed by atoms with Gasteiger partial charge >= 0.3 is 0 Å². The molecule has 4 nitrogen and oxygen atoms in total. The van der Waals surface area contributed by atoms with Gasteiger partial charge in [-0.3, -0.25) is 9.78 Å². The number of benzene rings is 1. The smallest absolute Gasteiger partial charge is 0.222 e. The van der Waals surface area contributed by atoms with Crippen LogP contribution in [0.15, 0.2) is 54.9 Å². The third-order valence-electron chi connectivity index (χ3n) is 4.20. The summed E-state index contributed by atoms with van der Waals surface area (Å²) < 4.78 is 5.91. The van der Waals surface area contributed by atoms with Crippen molar-refractivity contribution in [3.63, 3.8) is 0 Å². The zero-order valence-electron chi connectivity index (χ0n) is 13.2. The summed E-state index contributed by atoms with van der Waals surface area (Å²) in [4.78, 5) is 18.3. The Morgan fingerprint density at radius 1 is 1.13 bits per heavy atom. The summed E-state index contributed by atoms with van der Waals surface area (Å²) in [6.07, 6.45) is 6.80. The molecular weight excluding hydrogens is 288 g/mol. The summed E-state index contributed by atoms with van der Waals surface area (Å²) >= 11 is 0. The zero-order valence-corrected chi connectivity index (χ0v) is 13.2. The maximum atomic E-state index is 12.3. The number of hydrogen-bond donors (Lipinski definition) is 0. The standard InChI is InChI=1S/C19H22N2O2/c22-19(9-8-16-5-2-1-3-6-16)21-13-10-17(11-14-21)23-18-7-4-12-20-15-18/h1-7,12,15,17H,8-11,13-14H2. The Labute approximate surface area is 137 Å². The minimum absolute atomic E-state index is 0.178. The molecule has 0 spiro atoms. The molecule has 0 atom stereocenters. The number of aromatic nitrogens is 1. The molecule has 1 amide bonds. The van der Waals surface area contributed by atoms with Crippen molar-refractivity contribution in [2.24, 2.45) is 0 Å². The van der Waals surface area contributed by atoms with Crippen molar-refractivity contribution in [2.75, 3.05) is 13.1 Å². The molecule has 120 valence electrons. The lowest BCUT2D eigenvalue weighted by atomic mass is 10.1. The van der Waals surface area contributed by atoms with Gasteiger partial charge in [0.05, 0.1) is 6.20 Å². The van der Waals surface area contributed by atoms with E-state index in [-0.39, 0.29) is 12.0 Å². The summed E-state index contributed by atoms with van der Waals surface area (Å²) in [5.41, 5.74) is 1.22. The second-order valence-electron chi connectivity index (χ2n) is 5.87. The van der Waals surface area contributed by atoms with Crippen LogP contribution in [0.5, 0.6) is 5.75 Å². The first-order chi connectivity index (χ1) is 11.3. The molecular formula is C19H22N2O2. The second kappa shape index (κ2) is 7.77. The Hall–Kier alpha value is -2.36. The van der Waals surface area contributed by atoms with Crippen molar-refractivity contribution in [1.29, 1.82) is 0 Å². The van der Waals surface area contributed by atoms with Crippen LogP contribution < -0.4 is 4.74 Å². The van der Waals surface area contributed by atoms with Crippen molar-refractivity contribution in [3.05, 3.63) is 60.4 Å². The highest BCUT2D eigenvalue weighted by molar-refractivity contribution is 5.76. The highest BCUT2D eigenvalue weighted by Crippen LogP contribution is 2.18. The van der Waals surface area contributed by atoms with E-state index in [0.717, 1.165) is 38.1 Å². The lowest BCUT2D eigenvalue weighted by Crippen LogP contribution is -2.41. The van der Waals surface area contributed by atoms with Gasteiger partial charge in [-0.1, -0.05) is 30.3 Å². The topological polar surface area (TPSA) is 42.4 Å². The number of piperidine rings is 1. The molecule has 0 aliphatic carbocycles.